The highest BCUT2D eigenvalue weighted by Crippen LogP contribution is 2.47. The third-order valence-electron chi connectivity index (χ3n) is 4.65. The molecule has 0 fully saturated rings. The Morgan fingerprint density at radius 3 is 2.14 bits per heavy atom. The second-order valence-electron chi connectivity index (χ2n) is 6.42. The van der Waals surface area contributed by atoms with E-state index in [0.29, 0.717) is 0 Å². The third-order valence-corrected chi connectivity index (χ3v) is 5.87. The molecule has 0 saturated heterocycles. The highest BCUT2D eigenvalue weighted by Gasteiger charge is 2.34. The first-order valence-electron chi connectivity index (χ1n) is 7.73. The molecule has 3 aromatic rings. The Balaban J connectivity index is 1.79. The second kappa shape index (κ2) is 4.96. The summed E-state index contributed by atoms with van der Waals surface area (Å²) in [5.74, 6) is 0. The molecule has 0 amide bonds. The van der Waals surface area contributed by atoms with Gasteiger partial charge in [0.05, 0.1) is 0 Å². The second-order valence-corrected chi connectivity index (χ2v) is 7.83. The van der Waals surface area contributed by atoms with Gasteiger partial charge in [-0.25, -0.2) is 0 Å². The summed E-state index contributed by atoms with van der Waals surface area (Å²) >= 11 is 0. The van der Waals surface area contributed by atoms with Gasteiger partial charge in [0, 0.05) is 5.41 Å². The van der Waals surface area contributed by atoms with E-state index in [1.54, 1.807) is 0 Å². The lowest BCUT2D eigenvalue weighted by Crippen LogP contribution is -2.28. The molecule has 1 aliphatic rings. The standard InChI is InChI=1S/C21H18Si/c1-21(2)19-11-7-6-10-17(19)18-13-12-16(14-20(18)21)22-15-8-4-3-5-9-15/h3-14H,1-2H3. The van der Waals surface area contributed by atoms with E-state index >= 15 is 0 Å². The molecule has 0 bridgehead atoms. The summed E-state index contributed by atoms with van der Waals surface area (Å²) in [5, 5.41) is 2.82. The van der Waals surface area contributed by atoms with Crippen LogP contribution in [-0.2, 0) is 5.41 Å². The molecule has 106 valence electrons. The Hall–Kier alpha value is -2.12. The van der Waals surface area contributed by atoms with Gasteiger partial charge in [0.1, 0.15) is 9.52 Å². The van der Waals surface area contributed by atoms with E-state index in [0.717, 1.165) is 9.52 Å². The van der Waals surface area contributed by atoms with Crippen molar-refractivity contribution in [2.45, 2.75) is 19.3 Å². The zero-order valence-corrected chi connectivity index (χ0v) is 13.9. The van der Waals surface area contributed by atoms with Gasteiger partial charge >= 0.3 is 0 Å². The van der Waals surface area contributed by atoms with Gasteiger partial charge in [-0.15, -0.1) is 0 Å². The summed E-state index contributed by atoms with van der Waals surface area (Å²) in [7, 11) is 0.723. The van der Waals surface area contributed by atoms with Gasteiger partial charge in [-0.2, -0.15) is 0 Å². The molecule has 4 rings (SSSR count). The van der Waals surface area contributed by atoms with E-state index < -0.39 is 0 Å². The van der Waals surface area contributed by atoms with Crippen LogP contribution in [0.15, 0.2) is 72.8 Å². The van der Waals surface area contributed by atoms with Gasteiger partial charge in [-0.05, 0) is 22.3 Å². The van der Waals surface area contributed by atoms with Crippen molar-refractivity contribution >= 4 is 19.9 Å². The number of fused-ring (bicyclic) bond motifs is 3. The summed E-state index contributed by atoms with van der Waals surface area (Å²) in [6, 6.07) is 26.6. The zero-order chi connectivity index (χ0) is 15.2. The van der Waals surface area contributed by atoms with Crippen LogP contribution >= 0.6 is 0 Å². The maximum Gasteiger partial charge on any atom is 0.121 e. The van der Waals surface area contributed by atoms with Crippen LogP contribution in [-0.4, -0.2) is 9.52 Å². The largest absolute Gasteiger partial charge is 0.121 e. The quantitative estimate of drug-likeness (QED) is 0.634. The summed E-state index contributed by atoms with van der Waals surface area (Å²) in [6.07, 6.45) is 0. The Kier molecular flexibility index (Phi) is 3.05. The summed E-state index contributed by atoms with van der Waals surface area (Å²) in [6.45, 7) is 4.68. The van der Waals surface area contributed by atoms with Crippen LogP contribution in [0.1, 0.15) is 25.0 Å². The molecule has 0 unspecified atom stereocenters. The van der Waals surface area contributed by atoms with Crippen molar-refractivity contribution in [1.29, 1.82) is 0 Å². The Labute approximate surface area is 134 Å². The molecule has 0 heterocycles. The first-order valence-corrected chi connectivity index (χ1v) is 8.73. The van der Waals surface area contributed by atoms with Crippen LogP contribution in [0.2, 0.25) is 0 Å². The van der Waals surface area contributed by atoms with E-state index in [9.17, 15) is 0 Å². The normalized spacial score (nSPS) is 14.5. The molecule has 22 heavy (non-hydrogen) atoms. The Morgan fingerprint density at radius 1 is 0.636 bits per heavy atom. The molecule has 0 saturated carbocycles. The van der Waals surface area contributed by atoms with Crippen molar-refractivity contribution in [3.63, 3.8) is 0 Å². The molecule has 0 N–H and O–H groups in total. The van der Waals surface area contributed by atoms with Crippen LogP contribution in [0, 0.1) is 0 Å². The maximum atomic E-state index is 2.42. The van der Waals surface area contributed by atoms with Crippen molar-refractivity contribution in [3.8, 4) is 11.1 Å². The Bertz CT molecular complexity index is 832. The predicted molar refractivity (Wildman–Crippen MR) is 95.5 cm³/mol. The number of hydrogen-bond donors (Lipinski definition) is 0. The lowest BCUT2D eigenvalue weighted by atomic mass is 9.82. The molecule has 3 aromatic carbocycles. The molecule has 0 nitrogen and oxygen atoms in total. The monoisotopic (exact) mass is 298 g/mol. The fraction of sp³-hybridized carbons (Fsp3) is 0.143. The summed E-state index contributed by atoms with van der Waals surface area (Å²) in [4.78, 5) is 0. The van der Waals surface area contributed by atoms with Crippen molar-refractivity contribution in [2.75, 3.05) is 0 Å². The highest BCUT2D eigenvalue weighted by molar-refractivity contribution is 6.67. The zero-order valence-electron chi connectivity index (χ0n) is 12.9. The fourth-order valence-electron chi connectivity index (χ4n) is 3.47. The third kappa shape index (κ3) is 2.05. The Morgan fingerprint density at radius 2 is 1.32 bits per heavy atom. The molecule has 2 radical (unpaired) electrons. The van der Waals surface area contributed by atoms with Gasteiger partial charge in [0.2, 0.25) is 0 Å². The van der Waals surface area contributed by atoms with Crippen molar-refractivity contribution in [1.82, 2.24) is 0 Å². The maximum absolute atomic E-state index is 2.42. The molecular formula is C21H18Si. The molecular weight excluding hydrogens is 280 g/mol. The van der Waals surface area contributed by atoms with Crippen molar-refractivity contribution in [3.05, 3.63) is 83.9 Å². The van der Waals surface area contributed by atoms with Crippen LogP contribution in [0.3, 0.4) is 0 Å². The molecule has 1 aliphatic carbocycles. The summed E-state index contributed by atoms with van der Waals surface area (Å²) in [5.41, 5.74) is 5.82. The first kappa shape index (κ1) is 13.5. The minimum absolute atomic E-state index is 0.100. The molecule has 0 aliphatic heterocycles. The minimum atomic E-state index is 0.100. The fourth-order valence-corrected chi connectivity index (χ4v) is 4.55. The number of hydrogen-bond acceptors (Lipinski definition) is 0. The SMILES string of the molecule is CC1(C)c2ccccc2-c2ccc([Si]c3ccccc3)cc21. The first-order chi connectivity index (χ1) is 10.7. The van der Waals surface area contributed by atoms with E-state index in [2.05, 4.69) is 86.6 Å². The van der Waals surface area contributed by atoms with Crippen LogP contribution in [0.25, 0.3) is 11.1 Å². The average Bonchev–Trinajstić information content (AvgIpc) is 2.77. The molecule has 0 spiro atoms. The van der Waals surface area contributed by atoms with E-state index in [1.165, 1.54) is 32.6 Å². The number of rotatable bonds is 2. The van der Waals surface area contributed by atoms with E-state index in [1.807, 2.05) is 0 Å². The van der Waals surface area contributed by atoms with E-state index in [-0.39, 0.29) is 5.41 Å². The molecule has 0 atom stereocenters. The smallest absolute Gasteiger partial charge is 0.0631 e. The minimum Gasteiger partial charge on any atom is -0.0631 e. The summed E-state index contributed by atoms with van der Waals surface area (Å²) < 4.78 is 0. The lowest BCUT2D eigenvalue weighted by molar-refractivity contribution is 0.661. The van der Waals surface area contributed by atoms with Crippen molar-refractivity contribution < 1.29 is 0 Å². The highest BCUT2D eigenvalue weighted by atomic mass is 28.2. The van der Waals surface area contributed by atoms with Gasteiger partial charge in [-0.1, -0.05) is 97.0 Å². The van der Waals surface area contributed by atoms with Gasteiger partial charge in [0.25, 0.3) is 0 Å². The topological polar surface area (TPSA) is 0 Å². The van der Waals surface area contributed by atoms with Gasteiger partial charge in [-0.3, -0.25) is 0 Å². The van der Waals surface area contributed by atoms with Crippen LogP contribution in [0.4, 0.5) is 0 Å². The van der Waals surface area contributed by atoms with Crippen LogP contribution < -0.4 is 10.4 Å². The predicted octanol–water partition coefficient (Wildman–Crippen LogP) is 3.65. The van der Waals surface area contributed by atoms with Crippen molar-refractivity contribution in [2.24, 2.45) is 0 Å². The number of benzene rings is 3. The lowest BCUT2D eigenvalue weighted by Gasteiger charge is -2.21. The molecule has 1 heteroatoms. The van der Waals surface area contributed by atoms with E-state index in [4.69, 9.17) is 0 Å². The van der Waals surface area contributed by atoms with Gasteiger partial charge in [0.15, 0.2) is 0 Å². The van der Waals surface area contributed by atoms with Crippen LogP contribution in [0.5, 0.6) is 0 Å². The average molecular weight is 298 g/mol. The van der Waals surface area contributed by atoms with Gasteiger partial charge < -0.3 is 0 Å². The molecule has 0 aromatic heterocycles.